The third-order valence-electron chi connectivity index (χ3n) is 5.58. The number of nitrogens with zero attached hydrogens (tertiary/aromatic N) is 3. The molecule has 0 atom stereocenters. The minimum atomic E-state index is -0.204. The lowest BCUT2D eigenvalue weighted by Crippen LogP contribution is -2.27. The third-order valence-corrected chi connectivity index (χ3v) is 5.58. The number of hydrogen-bond acceptors (Lipinski definition) is 11. The zero-order valence-corrected chi connectivity index (χ0v) is 23.2. The topological polar surface area (TPSA) is 158 Å². The van der Waals surface area contributed by atoms with Gasteiger partial charge in [-0.25, -0.2) is 0 Å². The molecular weight excluding hydrogens is 512 g/mol. The fourth-order valence-corrected chi connectivity index (χ4v) is 3.54. The Bertz CT molecular complexity index is 1180. The van der Waals surface area contributed by atoms with Gasteiger partial charge in [-0.1, -0.05) is 31.5 Å². The van der Waals surface area contributed by atoms with Crippen LogP contribution in [0.4, 0.5) is 23.5 Å². The summed E-state index contributed by atoms with van der Waals surface area (Å²) < 4.78 is 16.0. The Morgan fingerprint density at radius 3 is 2.40 bits per heavy atom. The number of hydrogen-bond donors (Lipinski definition) is 5. The van der Waals surface area contributed by atoms with E-state index in [-0.39, 0.29) is 5.91 Å². The van der Waals surface area contributed by atoms with Crippen molar-refractivity contribution >= 4 is 29.4 Å². The van der Waals surface area contributed by atoms with Crippen LogP contribution in [0.5, 0.6) is 5.75 Å². The van der Waals surface area contributed by atoms with Crippen LogP contribution in [-0.4, -0.2) is 74.0 Å². The fourth-order valence-electron chi connectivity index (χ4n) is 3.54. The SMILES string of the molecule is CCCCNc1nc(NCc2cccc(OC)c2)nc(Nc2cccc(C(=O)NCCOCCOCCN)c2)n1. The van der Waals surface area contributed by atoms with Gasteiger partial charge in [0, 0.05) is 37.4 Å². The van der Waals surface area contributed by atoms with Crippen molar-refractivity contribution in [2.75, 3.05) is 69.1 Å². The van der Waals surface area contributed by atoms with Crippen molar-refractivity contribution in [3.05, 3.63) is 59.7 Å². The Kier molecular flexibility index (Phi) is 13.4. The molecule has 1 heterocycles. The first kappa shape index (κ1) is 30.5. The van der Waals surface area contributed by atoms with Crippen molar-refractivity contribution in [2.45, 2.75) is 26.3 Å². The number of nitrogens with two attached hydrogens (primary N) is 1. The summed E-state index contributed by atoms with van der Waals surface area (Å²) in [6.07, 6.45) is 2.04. The minimum absolute atomic E-state index is 0.204. The van der Waals surface area contributed by atoms with Crippen LogP contribution in [0.3, 0.4) is 0 Å². The molecule has 3 aromatic rings. The highest BCUT2D eigenvalue weighted by molar-refractivity contribution is 5.95. The van der Waals surface area contributed by atoms with Crippen LogP contribution in [0, 0.1) is 0 Å². The van der Waals surface area contributed by atoms with Crippen LogP contribution in [0.2, 0.25) is 0 Å². The van der Waals surface area contributed by atoms with Gasteiger partial charge in [-0.05, 0) is 42.3 Å². The number of unbranched alkanes of at least 4 members (excludes halogenated alkanes) is 1. The molecule has 0 bridgehead atoms. The van der Waals surface area contributed by atoms with Crippen molar-refractivity contribution in [2.24, 2.45) is 5.73 Å². The van der Waals surface area contributed by atoms with Gasteiger partial charge in [0.15, 0.2) is 0 Å². The molecule has 0 fully saturated rings. The zero-order chi connectivity index (χ0) is 28.4. The van der Waals surface area contributed by atoms with Crippen molar-refractivity contribution in [1.82, 2.24) is 20.3 Å². The van der Waals surface area contributed by atoms with E-state index in [0.29, 0.717) is 75.2 Å². The molecule has 3 rings (SSSR count). The predicted octanol–water partition coefficient (Wildman–Crippen LogP) is 3.17. The average Bonchev–Trinajstić information content (AvgIpc) is 2.97. The van der Waals surface area contributed by atoms with Gasteiger partial charge in [-0.2, -0.15) is 15.0 Å². The molecule has 0 saturated heterocycles. The van der Waals surface area contributed by atoms with Gasteiger partial charge in [0.05, 0.1) is 33.5 Å². The molecule has 1 aromatic heterocycles. The number of anilines is 4. The van der Waals surface area contributed by atoms with E-state index in [2.05, 4.69) is 43.1 Å². The lowest BCUT2D eigenvalue weighted by Gasteiger charge is -2.12. The monoisotopic (exact) mass is 552 g/mol. The van der Waals surface area contributed by atoms with E-state index in [9.17, 15) is 4.79 Å². The number of benzene rings is 2. The summed E-state index contributed by atoms with van der Waals surface area (Å²) in [6.45, 7) is 6.07. The van der Waals surface area contributed by atoms with Gasteiger partial charge < -0.3 is 41.2 Å². The van der Waals surface area contributed by atoms with Crippen LogP contribution in [0.1, 0.15) is 35.7 Å². The number of amides is 1. The summed E-state index contributed by atoms with van der Waals surface area (Å²) in [4.78, 5) is 26.2. The van der Waals surface area contributed by atoms with E-state index < -0.39 is 0 Å². The second-order valence-electron chi connectivity index (χ2n) is 8.77. The molecule has 0 unspecified atom stereocenters. The Labute approximate surface area is 235 Å². The van der Waals surface area contributed by atoms with E-state index in [1.54, 1.807) is 25.3 Å². The fraction of sp³-hybridized carbons (Fsp3) is 0.429. The second-order valence-corrected chi connectivity index (χ2v) is 8.77. The smallest absolute Gasteiger partial charge is 0.251 e. The maximum atomic E-state index is 12.6. The molecule has 40 heavy (non-hydrogen) atoms. The van der Waals surface area contributed by atoms with Gasteiger partial charge in [0.2, 0.25) is 17.8 Å². The van der Waals surface area contributed by atoms with Crippen LogP contribution in [-0.2, 0) is 16.0 Å². The quantitative estimate of drug-likeness (QED) is 0.139. The minimum Gasteiger partial charge on any atom is -0.497 e. The van der Waals surface area contributed by atoms with Crippen LogP contribution in [0.25, 0.3) is 0 Å². The largest absolute Gasteiger partial charge is 0.497 e. The third kappa shape index (κ3) is 11.0. The standard InChI is InChI=1S/C28H40N8O4/c1-3-4-12-31-26-34-27(32-20-21-7-5-10-24(18-21)38-2)36-28(35-26)33-23-9-6-8-22(19-23)25(37)30-13-15-40-17-16-39-14-11-29/h5-10,18-19H,3-4,11-17,20,29H2,1-2H3,(H,30,37)(H3,31,32,33,34,35,36). The molecule has 12 nitrogen and oxygen atoms in total. The number of nitrogens with one attached hydrogen (secondary N) is 4. The van der Waals surface area contributed by atoms with Gasteiger partial charge in [-0.3, -0.25) is 4.79 Å². The molecule has 0 aliphatic heterocycles. The van der Waals surface area contributed by atoms with E-state index in [0.717, 1.165) is 30.7 Å². The van der Waals surface area contributed by atoms with Gasteiger partial charge >= 0.3 is 0 Å². The molecule has 12 heteroatoms. The molecule has 6 N–H and O–H groups in total. The summed E-state index contributed by atoms with van der Waals surface area (Å²) in [6, 6.07) is 14.9. The zero-order valence-electron chi connectivity index (χ0n) is 23.2. The Hall–Kier alpha value is -4.00. The highest BCUT2D eigenvalue weighted by Gasteiger charge is 2.10. The lowest BCUT2D eigenvalue weighted by atomic mass is 10.2. The average molecular weight is 553 g/mol. The van der Waals surface area contributed by atoms with Crippen molar-refractivity contribution < 1.29 is 19.0 Å². The van der Waals surface area contributed by atoms with E-state index in [4.69, 9.17) is 19.9 Å². The first-order valence-corrected chi connectivity index (χ1v) is 13.5. The van der Waals surface area contributed by atoms with Crippen LogP contribution >= 0.6 is 0 Å². The Balaban J connectivity index is 1.61. The molecule has 0 radical (unpaired) electrons. The van der Waals surface area contributed by atoms with Crippen molar-refractivity contribution in [3.63, 3.8) is 0 Å². The summed E-state index contributed by atoms with van der Waals surface area (Å²) in [7, 11) is 1.64. The maximum Gasteiger partial charge on any atom is 0.251 e. The summed E-state index contributed by atoms with van der Waals surface area (Å²) >= 11 is 0. The number of carbonyl (C=O) groups excluding carboxylic acids is 1. The summed E-state index contributed by atoms with van der Waals surface area (Å²) in [5.74, 6) is 1.81. The first-order valence-electron chi connectivity index (χ1n) is 13.5. The first-order chi connectivity index (χ1) is 19.6. The summed E-state index contributed by atoms with van der Waals surface area (Å²) in [5, 5.41) is 12.6. The van der Waals surface area contributed by atoms with Gasteiger partial charge in [-0.15, -0.1) is 0 Å². The lowest BCUT2D eigenvalue weighted by molar-refractivity contribution is 0.0511. The van der Waals surface area contributed by atoms with E-state index in [1.165, 1.54) is 0 Å². The van der Waals surface area contributed by atoms with Gasteiger partial charge in [0.25, 0.3) is 5.91 Å². The van der Waals surface area contributed by atoms with E-state index >= 15 is 0 Å². The molecule has 0 spiro atoms. The molecule has 216 valence electrons. The number of ether oxygens (including phenoxy) is 3. The second kappa shape index (κ2) is 17.6. The highest BCUT2D eigenvalue weighted by Crippen LogP contribution is 2.19. The number of aromatic nitrogens is 3. The van der Waals surface area contributed by atoms with Crippen molar-refractivity contribution in [1.29, 1.82) is 0 Å². The maximum absolute atomic E-state index is 12.6. The van der Waals surface area contributed by atoms with Crippen LogP contribution < -0.4 is 31.7 Å². The number of carbonyl (C=O) groups is 1. The predicted molar refractivity (Wildman–Crippen MR) is 156 cm³/mol. The molecule has 0 aliphatic carbocycles. The number of methoxy groups -OCH3 is 1. The molecule has 0 saturated carbocycles. The molecule has 0 aliphatic rings. The normalized spacial score (nSPS) is 10.7. The Morgan fingerprint density at radius 2 is 1.62 bits per heavy atom. The molecular formula is C28H40N8O4. The highest BCUT2D eigenvalue weighted by atomic mass is 16.5. The van der Waals surface area contributed by atoms with Gasteiger partial charge in [0.1, 0.15) is 5.75 Å². The van der Waals surface area contributed by atoms with E-state index in [1.807, 2.05) is 30.3 Å². The van der Waals surface area contributed by atoms with Crippen molar-refractivity contribution in [3.8, 4) is 5.75 Å². The number of rotatable bonds is 19. The van der Waals surface area contributed by atoms with Crippen LogP contribution in [0.15, 0.2) is 48.5 Å². The Morgan fingerprint density at radius 1 is 0.875 bits per heavy atom. The summed E-state index contributed by atoms with van der Waals surface area (Å²) in [5.41, 5.74) is 7.57. The molecule has 1 amide bonds. The molecule has 2 aromatic carbocycles.